The molecule has 2 aromatic rings. The highest BCUT2D eigenvalue weighted by Crippen LogP contribution is 2.22. The molecule has 0 amide bonds. The minimum atomic E-state index is 0.324. The number of aromatic nitrogens is 2. The summed E-state index contributed by atoms with van der Waals surface area (Å²) in [5.74, 6) is 1.32. The second-order valence-corrected chi connectivity index (χ2v) is 5.34. The average Bonchev–Trinajstić information content (AvgIpc) is 3.00. The van der Waals surface area contributed by atoms with E-state index in [1.54, 1.807) is 7.11 Å². The minimum Gasteiger partial charge on any atom is -0.384 e. The van der Waals surface area contributed by atoms with Crippen LogP contribution >= 0.6 is 0 Å². The third-order valence-electron chi connectivity index (χ3n) is 3.76. The van der Waals surface area contributed by atoms with Crippen molar-refractivity contribution in [2.45, 2.75) is 32.1 Å². The van der Waals surface area contributed by atoms with Crippen molar-refractivity contribution in [3.63, 3.8) is 0 Å². The Hall–Kier alpha value is -1.65. The molecule has 0 spiro atoms. The van der Waals surface area contributed by atoms with Gasteiger partial charge in [-0.25, -0.2) is 4.98 Å². The third-order valence-corrected chi connectivity index (χ3v) is 3.76. The largest absolute Gasteiger partial charge is 0.384 e. The van der Waals surface area contributed by atoms with E-state index in [0.717, 1.165) is 43.0 Å². The van der Waals surface area contributed by atoms with Gasteiger partial charge in [0.2, 0.25) is 0 Å². The second-order valence-electron chi connectivity index (χ2n) is 5.34. The molecule has 1 atom stereocenters. The molecular weight excluding hydrogens is 262 g/mol. The summed E-state index contributed by atoms with van der Waals surface area (Å²) in [5, 5.41) is 0. The molecule has 4 heteroatoms. The second kappa shape index (κ2) is 7.96. The van der Waals surface area contributed by atoms with E-state index in [9.17, 15) is 0 Å². The van der Waals surface area contributed by atoms with Crippen molar-refractivity contribution in [1.82, 2.24) is 9.97 Å². The molecule has 0 aliphatic heterocycles. The van der Waals surface area contributed by atoms with Crippen molar-refractivity contribution in [2.24, 2.45) is 5.73 Å². The predicted molar refractivity (Wildman–Crippen MR) is 86.3 cm³/mol. The fourth-order valence-electron chi connectivity index (χ4n) is 2.48. The maximum Gasteiger partial charge on any atom is 0.110 e. The Morgan fingerprint density at radius 1 is 1.29 bits per heavy atom. The maximum absolute atomic E-state index is 5.83. The van der Waals surface area contributed by atoms with E-state index < -0.39 is 0 Å². The van der Waals surface area contributed by atoms with Crippen LogP contribution in [0.5, 0.6) is 0 Å². The van der Waals surface area contributed by atoms with Gasteiger partial charge in [-0.3, -0.25) is 0 Å². The van der Waals surface area contributed by atoms with Gasteiger partial charge in [0, 0.05) is 19.6 Å². The zero-order valence-corrected chi connectivity index (χ0v) is 12.9. The van der Waals surface area contributed by atoms with Crippen LogP contribution in [-0.4, -0.2) is 30.2 Å². The molecule has 1 heterocycles. The van der Waals surface area contributed by atoms with Gasteiger partial charge in [-0.05, 0) is 24.0 Å². The van der Waals surface area contributed by atoms with Crippen LogP contribution in [0.2, 0.25) is 0 Å². The normalized spacial score (nSPS) is 12.5. The molecule has 0 saturated heterocycles. The Bertz CT molecular complexity index is 533. The maximum atomic E-state index is 5.83. The summed E-state index contributed by atoms with van der Waals surface area (Å²) in [5.41, 5.74) is 9.33. The zero-order chi connectivity index (χ0) is 15.1. The van der Waals surface area contributed by atoms with E-state index in [1.807, 2.05) is 6.20 Å². The number of benzene rings is 1. The number of H-pyrrole nitrogens is 1. The molecule has 0 radical (unpaired) electrons. The van der Waals surface area contributed by atoms with Crippen molar-refractivity contribution in [3.05, 3.63) is 41.9 Å². The monoisotopic (exact) mass is 287 g/mol. The molecule has 0 saturated carbocycles. The number of rotatable bonds is 8. The van der Waals surface area contributed by atoms with Crippen LogP contribution in [0, 0.1) is 0 Å². The van der Waals surface area contributed by atoms with Crippen molar-refractivity contribution in [1.29, 1.82) is 0 Å². The number of imidazole rings is 1. The lowest BCUT2D eigenvalue weighted by Gasteiger charge is -2.10. The van der Waals surface area contributed by atoms with Gasteiger partial charge in [-0.15, -0.1) is 0 Å². The van der Waals surface area contributed by atoms with E-state index in [1.165, 1.54) is 5.56 Å². The van der Waals surface area contributed by atoms with Crippen LogP contribution in [0.1, 0.15) is 37.1 Å². The number of hydrogen-bond donors (Lipinski definition) is 2. The van der Waals surface area contributed by atoms with E-state index in [4.69, 9.17) is 10.5 Å². The number of nitrogens with two attached hydrogens (primary N) is 1. The fraction of sp³-hybridized carbons (Fsp3) is 0.471. The van der Waals surface area contributed by atoms with Crippen molar-refractivity contribution >= 4 is 0 Å². The number of nitrogens with one attached hydrogen (secondary N) is 1. The highest BCUT2D eigenvalue weighted by molar-refractivity contribution is 5.58. The number of ether oxygens (including phenoxy) is 1. The van der Waals surface area contributed by atoms with Gasteiger partial charge in [0.05, 0.1) is 18.5 Å². The van der Waals surface area contributed by atoms with Gasteiger partial charge >= 0.3 is 0 Å². The van der Waals surface area contributed by atoms with Gasteiger partial charge in [0.1, 0.15) is 5.82 Å². The van der Waals surface area contributed by atoms with Crippen LogP contribution in [0.3, 0.4) is 0 Å². The Balaban J connectivity index is 2.10. The number of methoxy groups -OCH3 is 1. The standard InChI is InChI=1S/C17H25N3O/c1-3-4-15(11-18)17-19-12-16(20-17)14-7-5-13(6-8-14)9-10-21-2/h5-8,12,15H,3-4,9-11,18H2,1-2H3,(H,19,20). The topological polar surface area (TPSA) is 63.9 Å². The zero-order valence-electron chi connectivity index (χ0n) is 12.9. The van der Waals surface area contributed by atoms with Crippen LogP contribution in [0.25, 0.3) is 11.3 Å². The van der Waals surface area contributed by atoms with E-state index in [-0.39, 0.29) is 0 Å². The summed E-state index contributed by atoms with van der Waals surface area (Å²) in [6, 6.07) is 8.53. The first-order chi connectivity index (χ1) is 10.3. The third kappa shape index (κ3) is 4.16. The quantitative estimate of drug-likeness (QED) is 0.784. The summed E-state index contributed by atoms with van der Waals surface area (Å²) in [6.45, 7) is 3.56. The first kappa shape index (κ1) is 15.7. The van der Waals surface area contributed by atoms with Crippen LogP contribution in [0.15, 0.2) is 30.5 Å². The van der Waals surface area contributed by atoms with Gasteiger partial charge in [-0.1, -0.05) is 37.6 Å². The molecule has 114 valence electrons. The molecule has 4 nitrogen and oxygen atoms in total. The molecule has 0 bridgehead atoms. The van der Waals surface area contributed by atoms with Gasteiger partial charge in [0.15, 0.2) is 0 Å². The molecule has 2 rings (SSSR count). The molecule has 21 heavy (non-hydrogen) atoms. The minimum absolute atomic E-state index is 0.324. The molecule has 1 aromatic heterocycles. The van der Waals surface area contributed by atoms with Crippen molar-refractivity contribution < 1.29 is 4.74 Å². The summed E-state index contributed by atoms with van der Waals surface area (Å²) < 4.78 is 5.10. The lowest BCUT2D eigenvalue weighted by Crippen LogP contribution is -2.13. The Kier molecular flexibility index (Phi) is 5.96. The number of aromatic amines is 1. The Labute approximate surface area is 126 Å². The van der Waals surface area contributed by atoms with Crippen LogP contribution < -0.4 is 5.73 Å². The van der Waals surface area contributed by atoms with E-state index >= 15 is 0 Å². The molecule has 1 unspecified atom stereocenters. The summed E-state index contributed by atoms with van der Waals surface area (Å²) in [4.78, 5) is 7.91. The lowest BCUT2D eigenvalue weighted by molar-refractivity contribution is 0.202. The number of hydrogen-bond acceptors (Lipinski definition) is 3. The van der Waals surface area contributed by atoms with Gasteiger partial charge in [-0.2, -0.15) is 0 Å². The Morgan fingerprint density at radius 3 is 2.67 bits per heavy atom. The molecule has 0 aliphatic carbocycles. The Morgan fingerprint density at radius 2 is 2.05 bits per heavy atom. The van der Waals surface area contributed by atoms with Crippen LogP contribution in [0.4, 0.5) is 0 Å². The summed E-state index contributed by atoms with van der Waals surface area (Å²) in [7, 11) is 1.73. The highest BCUT2D eigenvalue weighted by Gasteiger charge is 2.13. The average molecular weight is 287 g/mol. The summed E-state index contributed by atoms with van der Waals surface area (Å²) >= 11 is 0. The lowest BCUT2D eigenvalue weighted by atomic mass is 10.0. The first-order valence-electron chi connectivity index (χ1n) is 7.61. The van der Waals surface area contributed by atoms with Gasteiger partial charge in [0.25, 0.3) is 0 Å². The molecule has 0 fully saturated rings. The molecule has 1 aromatic carbocycles. The smallest absolute Gasteiger partial charge is 0.110 e. The van der Waals surface area contributed by atoms with E-state index in [0.29, 0.717) is 12.5 Å². The molecule has 3 N–H and O–H groups in total. The van der Waals surface area contributed by atoms with E-state index in [2.05, 4.69) is 41.2 Å². The highest BCUT2D eigenvalue weighted by atomic mass is 16.5. The van der Waals surface area contributed by atoms with Crippen LogP contribution in [-0.2, 0) is 11.2 Å². The van der Waals surface area contributed by atoms with Crippen molar-refractivity contribution in [3.8, 4) is 11.3 Å². The number of nitrogens with zero attached hydrogens (tertiary/aromatic N) is 1. The molecular formula is C17H25N3O. The van der Waals surface area contributed by atoms with Crippen molar-refractivity contribution in [2.75, 3.05) is 20.3 Å². The SMILES string of the molecule is CCCC(CN)c1ncc(-c2ccc(CCOC)cc2)[nH]1. The predicted octanol–water partition coefficient (Wildman–Crippen LogP) is 3.11. The van der Waals surface area contributed by atoms with Gasteiger partial charge < -0.3 is 15.5 Å². The first-order valence-corrected chi connectivity index (χ1v) is 7.61. The summed E-state index contributed by atoms with van der Waals surface area (Å²) in [6.07, 6.45) is 5.03. The molecule has 0 aliphatic rings. The fourth-order valence-corrected chi connectivity index (χ4v) is 2.48.